The molecule has 0 heterocycles. The SMILES string of the molecule is CCC(C)(CC)OCC(COC)(COC)C(C)(C)C(C)C. The second-order valence-electron chi connectivity index (χ2n) is 7.47. The van der Waals surface area contributed by atoms with E-state index in [2.05, 4.69) is 48.5 Å². The van der Waals surface area contributed by atoms with Crippen LogP contribution in [0.4, 0.5) is 0 Å². The van der Waals surface area contributed by atoms with Gasteiger partial charge in [0.1, 0.15) is 0 Å². The molecule has 0 rings (SSSR count). The van der Waals surface area contributed by atoms with Crippen LogP contribution in [0.1, 0.15) is 61.3 Å². The number of hydrogen-bond donors (Lipinski definition) is 0. The van der Waals surface area contributed by atoms with Crippen LogP contribution in [-0.4, -0.2) is 39.6 Å². The molecule has 0 aliphatic rings. The maximum absolute atomic E-state index is 6.38. The molecule has 0 unspecified atom stereocenters. The molecule has 3 heteroatoms. The van der Waals surface area contributed by atoms with Crippen molar-refractivity contribution in [3.63, 3.8) is 0 Å². The first-order valence-corrected chi connectivity index (χ1v) is 8.26. The van der Waals surface area contributed by atoms with E-state index in [1.54, 1.807) is 14.2 Å². The molecule has 0 fully saturated rings. The molecule has 128 valence electrons. The van der Waals surface area contributed by atoms with Crippen molar-refractivity contribution in [2.75, 3.05) is 34.0 Å². The number of methoxy groups -OCH3 is 2. The first-order chi connectivity index (χ1) is 9.64. The highest BCUT2D eigenvalue weighted by Gasteiger charge is 2.48. The van der Waals surface area contributed by atoms with Gasteiger partial charge in [-0.05, 0) is 31.1 Å². The number of ether oxygens (including phenoxy) is 3. The van der Waals surface area contributed by atoms with E-state index in [0.717, 1.165) is 12.8 Å². The van der Waals surface area contributed by atoms with E-state index in [1.807, 2.05) is 0 Å². The van der Waals surface area contributed by atoms with Crippen molar-refractivity contribution in [2.24, 2.45) is 16.7 Å². The summed E-state index contributed by atoms with van der Waals surface area (Å²) >= 11 is 0. The quantitative estimate of drug-likeness (QED) is 0.560. The van der Waals surface area contributed by atoms with E-state index < -0.39 is 0 Å². The first-order valence-electron chi connectivity index (χ1n) is 8.26. The second-order valence-corrected chi connectivity index (χ2v) is 7.47. The lowest BCUT2D eigenvalue weighted by molar-refractivity contribution is -0.164. The summed E-state index contributed by atoms with van der Waals surface area (Å²) < 4.78 is 17.5. The minimum Gasteiger partial charge on any atom is -0.384 e. The summed E-state index contributed by atoms with van der Waals surface area (Å²) in [4.78, 5) is 0. The van der Waals surface area contributed by atoms with E-state index >= 15 is 0 Å². The minimum absolute atomic E-state index is 0.0570. The summed E-state index contributed by atoms with van der Waals surface area (Å²) in [5, 5.41) is 0. The Balaban J connectivity index is 5.39. The molecule has 0 aliphatic carbocycles. The van der Waals surface area contributed by atoms with Gasteiger partial charge in [-0.1, -0.05) is 41.5 Å². The Bertz CT molecular complexity index is 274. The van der Waals surface area contributed by atoms with Crippen molar-refractivity contribution in [1.29, 1.82) is 0 Å². The average Bonchev–Trinajstić information content (AvgIpc) is 2.44. The summed E-state index contributed by atoms with van der Waals surface area (Å²) in [6.07, 6.45) is 2.03. The van der Waals surface area contributed by atoms with Crippen LogP contribution in [0.5, 0.6) is 0 Å². The minimum atomic E-state index is -0.143. The van der Waals surface area contributed by atoms with Crippen LogP contribution in [0.15, 0.2) is 0 Å². The zero-order chi connectivity index (χ0) is 16.7. The molecule has 0 radical (unpaired) electrons. The highest BCUT2D eigenvalue weighted by molar-refractivity contribution is 4.95. The Kier molecular flexibility index (Phi) is 8.45. The normalized spacial score (nSPS) is 14.0. The lowest BCUT2D eigenvalue weighted by Crippen LogP contribution is -2.52. The lowest BCUT2D eigenvalue weighted by atomic mass is 9.61. The third-order valence-electron chi connectivity index (χ3n) is 5.84. The molecule has 0 aliphatic heterocycles. The fourth-order valence-corrected chi connectivity index (χ4v) is 2.61. The van der Waals surface area contributed by atoms with Crippen molar-refractivity contribution < 1.29 is 14.2 Å². The van der Waals surface area contributed by atoms with E-state index in [-0.39, 0.29) is 16.4 Å². The summed E-state index contributed by atoms with van der Waals surface area (Å²) in [5.74, 6) is 0.515. The largest absolute Gasteiger partial charge is 0.384 e. The Hall–Kier alpha value is -0.120. The summed E-state index contributed by atoms with van der Waals surface area (Å²) in [5.41, 5.74) is -0.155. The number of hydrogen-bond acceptors (Lipinski definition) is 3. The average molecular weight is 302 g/mol. The van der Waals surface area contributed by atoms with Crippen molar-refractivity contribution in [1.82, 2.24) is 0 Å². The molecule has 0 atom stereocenters. The summed E-state index contributed by atoms with van der Waals surface area (Å²) in [6.45, 7) is 17.7. The maximum atomic E-state index is 6.38. The molecule has 0 bridgehead atoms. The van der Waals surface area contributed by atoms with Crippen LogP contribution < -0.4 is 0 Å². The van der Waals surface area contributed by atoms with Crippen molar-refractivity contribution in [3.8, 4) is 0 Å². The Labute approximate surface area is 132 Å². The number of rotatable bonds is 11. The van der Waals surface area contributed by atoms with Crippen LogP contribution >= 0.6 is 0 Å². The van der Waals surface area contributed by atoms with Gasteiger partial charge in [-0.25, -0.2) is 0 Å². The summed E-state index contributed by atoms with van der Waals surface area (Å²) in [6, 6.07) is 0. The Morgan fingerprint density at radius 1 is 0.810 bits per heavy atom. The van der Waals surface area contributed by atoms with Gasteiger partial charge in [0.25, 0.3) is 0 Å². The van der Waals surface area contributed by atoms with Crippen molar-refractivity contribution in [2.45, 2.75) is 66.9 Å². The van der Waals surface area contributed by atoms with Gasteiger partial charge in [-0.3, -0.25) is 0 Å². The van der Waals surface area contributed by atoms with Gasteiger partial charge in [0.2, 0.25) is 0 Å². The Morgan fingerprint density at radius 3 is 1.52 bits per heavy atom. The zero-order valence-electron chi connectivity index (χ0n) is 15.8. The standard InChI is InChI=1S/C18H38O3/c1-10-17(7,11-2)21-14-18(12-19-8,13-20-9)16(5,6)15(3)4/h15H,10-14H2,1-9H3. The Morgan fingerprint density at radius 2 is 1.24 bits per heavy atom. The van der Waals surface area contributed by atoms with Gasteiger partial charge >= 0.3 is 0 Å². The third kappa shape index (κ3) is 4.94. The van der Waals surface area contributed by atoms with Crippen LogP contribution in [0.25, 0.3) is 0 Å². The molecule has 0 N–H and O–H groups in total. The molecule has 0 spiro atoms. The topological polar surface area (TPSA) is 27.7 Å². The van der Waals surface area contributed by atoms with Gasteiger partial charge in [0.05, 0.1) is 25.4 Å². The molecular weight excluding hydrogens is 264 g/mol. The monoisotopic (exact) mass is 302 g/mol. The highest BCUT2D eigenvalue weighted by Crippen LogP contribution is 2.46. The van der Waals surface area contributed by atoms with Gasteiger partial charge in [0, 0.05) is 19.6 Å². The summed E-state index contributed by atoms with van der Waals surface area (Å²) in [7, 11) is 3.53. The molecule has 0 amide bonds. The van der Waals surface area contributed by atoms with Gasteiger partial charge < -0.3 is 14.2 Å². The molecule has 0 aromatic rings. The molecule has 0 aromatic carbocycles. The van der Waals surface area contributed by atoms with Crippen LogP contribution in [0, 0.1) is 16.7 Å². The maximum Gasteiger partial charge on any atom is 0.0649 e. The van der Waals surface area contributed by atoms with Crippen LogP contribution in [-0.2, 0) is 14.2 Å². The van der Waals surface area contributed by atoms with Gasteiger partial charge in [-0.15, -0.1) is 0 Å². The lowest BCUT2D eigenvalue weighted by Gasteiger charge is -2.49. The second kappa shape index (κ2) is 8.50. The van der Waals surface area contributed by atoms with E-state index in [9.17, 15) is 0 Å². The van der Waals surface area contributed by atoms with Gasteiger partial charge in [-0.2, -0.15) is 0 Å². The third-order valence-corrected chi connectivity index (χ3v) is 5.84. The highest BCUT2D eigenvalue weighted by atomic mass is 16.5. The zero-order valence-corrected chi connectivity index (χ0v) is 15.8. The van der Waals surface area contributed by atoms with Crippen LogP contribution in [0.2, 0.25) is 0 Å². The van der Waals surface area contributed by atoms with E-state index in [1.165, 1.54) is 0 Å². The molecule has 0 saturated carbocycles. The first kappa shape index (κ1) is 20.9. The van der Waals surface area contributed by atoms with Crippen molar-refractivity contribution in [3.05, 3.63) is 0 Å². The molecule has 3 nitrogen and oxygen atoms in total. The molecule has 0 saturated heterocycles. The van der Waals surface area contributed by atoms with Crippen LogP contribution in [0.3, 0.4) is 0 Å². The van der Waals surface area contributed by atoms with E-state index in [0.29, 0.717) is 25.7 Å². The predicted molar refractivity (Wildman–Crippen MR) is 89.7 cm³/mol. The fourth-order valence-electron chi connectivity index (χ4n) is 2.61. The molecular formula is C18H38O3. The molecule has 0 aromatic heterocycles. The van der Waals surface area contributed by atoms with Crippen molar-refractivity contribution >= 4 is 0 Å². The fraction of sp³-hybridized carbons (Fsp3) is 1.00. The van der Waals surface area contributed by atoms with Gasteiger partial charge in [0.15, 0.2) is 0 Å². The predicted octanol–water partition coefficient (Wildman–Crippen LogP) is 4.54. The molecule has 21 heavy (non-hydrogen) atoms. The van der Waals surface area contributed by atoms with E-state index in [4.69, 9.17) is 14.2 Å². The smallest absolute Gasteiger partial charge is 0.0649 e.